The van der Waals surface area contributed by atoms with Gasteiger partial charge in [0, 0.05) is 12.5 Å². The molecule has 2 unspecified atom stereocenters. The van der Waals surface area contributed by atoms with Gasteiger partial charge in [0.1, 0.15) is 17.3 Å². The van der Waals surface area contributed by atoms with Gasteiger partial charge in [0.25, 0.3) is 0 Å². The number of benzene rings is 3. The van der Waals surface area contributed by atoms with E-state index in [0.29, 0.717) is 25.1 Å². The third-order valence-corrected chi connectivity index (χ3v) is 13.2. The number of amides is 3. The van der Waals surface area contributed by atoms with Crippen LogP contribution in [0, 0.1) is 0 Å². The summed E-state index contributed by atoms with van der Waals surface area (Å²) in [6.45, 7) is 3.77. The van der Waals surface area contributed by atoms with Gasteiger partial charge in [0.2, 0.25) is 0 Å². The molecule has 0 saturated carbocycles. The number of aromatic hydroxyl groups is 1. The third-order valence-electron chi connectivity index (χ3n) is 10.2. The fraction of sp³-hybridized carbons (Fsp3) is 0.351. The van der Waals surface area contributed by atoms with Crippen LogP contribution in [0.15, 0.2) is 82.3 Å². The number of piperidine rings is 1. The van der Waals surface area contributed by atoms with E-state index in [0.717, 1.165) is 40.7 Å². The SMILES string of the molecule is CC1(C)C(S(=O)(=O)c2c(Cl)ccc(NC(=O)NC3CCCc4ccoc43)c2O)CCCN1C(=O)OCC1c2ccccc2-c2ccccc21. The molecule has 256 valence electrons. The van der Waals surface area contributed by atoms with Crippen LogP contribution in [0.2, 0.25) is 5.02 Å². The van der Waals surface area contributed by atoms with Crippen LogP contribution in [0.25, 0.3) is 11.1 Å². The van der Waals surface area contributed by atoms with Crippen LogP contribution in [0.3, 0.4) is 0 Å². The first-order valence-electron chi connectivity index (χ1n) is 16.5. The van der Waals surface area contributed by atoms with Crippen molar-refractivity contribution < 1.29 is 32.3 Å². The molecule has 4 aromatic rings. The Morgan fingerprint density at radius 2 is 1.69 bits per heavy atom. The summed E-state index contributed by atoms with van der Waals surface area (Å²) < 4.78 is 40.2. The molecule has 3 aliphatic rings. The molecule has 2 atom stereocenters. The highest BCUT2D eigenvalue weighted by atomic mass is 35.5. The minimum Gasteiger partial charge on any atom is -0.504 e. The van der Waals surface area contributed by atoms with Gasteiger partial charge in [-0.2, -0.15) is 0 Å². The number of phenolic OH excluding ortho intramolecular Hbond substituents is 1. The highest BCUT2D eigenvalue weighted by molar-refractivity contribution is 7.92. The normalized spacial score (nSPS) is 19.8. The number of hydrogen-bond acceptors (Lipinski definition) is 7. The quantitative estimate of drug-likeness (QED) is 0.174. The summed E-state index contributed by atoms with van der Waals surface area (Å²) in [6, 6.07) is 19.7. The van der Waals surface area contributed by atoms with Gasteiger partial charge in [-0.1, -0.05) is 60.1 Å². The number of ether oxygens (including phenoxy) is 1. The van der Waals surface area contributed by atoms with Gasteiger partial charge in [-0.05, 0) is 92.0 Å². The number of urea groups is 1. The zero-order valence-corrected chi connectivity index (χ0v) is 28.8. The molecule has 3 aromatic carbocycles. The first kappa shape index (κ1) is 33.0. The Bertz CT molecular complexity index is 2000. The van der Waals surface area contributed by atoms with Crippen molar-refractivity contribution in [3.63, 3.8) is 0 Å². The number of aryl methyl sites for hydroxylation is 1. The van der Waals surface area contributed by atoms with Crippen LogP contribution in [0.4, 0.5) is 15.3 Å². The summed E-state index contributed by atoms with van der Waals surface area (Å²) in [7, 11) is -4.34. The second-order valence-corrected chi connectivity index (χ2v) is 15.9. The highest BCUT2D eigenvalue weighted by Crippen LogP contribution is 2.46. The summed E-state index contributed by atoms with van der Waals surface area (Å²) in [5.74, 6) is -0.129. The number of furan rings is 1. The molecule has 0 radical (unpaired) electrons. The van der Waals surface area contributed by atoms with Crippen molar-refractivity contribution in [2.45, 2.75) is 73.6 Å². The number of rotatable bonds is 6. The summed E-state index contributed by atoms with van der Waals surface area (Å²) in [5, 5.41) is 15.4. The first-order chi connectivity index (χ1) is 23.5. The second kappa shape index (κ2) is 12.8. The maximum Gasteiger partial charge on any atom is 0.410 e. The molecule has 10 nitrogen and oxygen atoms in total. The minimum atomic E-state index is -4.34. The van der Waals surface area contributed by atoms with Crippen molar-refractivity contribution in [1.29, 1.82) is 0 Å². The zero-order valence-electron chi connectivity index (χ0n) is 27.2. The maximum absolute atomic E-state index is 14.4. The highest BCUT2D eigenvalue weighted by Gasteiger charge is 2.50. The third kappa shape index (κ3) is 5.82. The molecule has 1 aromatic heterocycles. The monoisotopic (exact) mass is 703 g/mol. The predicted molar refractivity (Wildman–Crippen MR) is 186 cm³/mol. The van der Waals surface area contributed by atoms with Crippen molar-refractivity contribution in [3.05, 3.63) is 100 Å². The summed E-state index contributed by atoms with van der Waals surface area (Å²) >= 11 is 6.45. The topological polar surface area (TPSA) is 138 Å². The molecule has 1 saturated heterocycles. The smallest absolute Gasteiger partial charge is 0.410 e. The number of hydrogen-bond donors (Lipinski definition) is 3. The van der Waals surface area contributed by atoms with Crippen LogP contribution in [-0.2, 0) is 21.0 Å². The Kier molecular flexibility index (Phi) is 8.60. The largest absolute Gasteiger partial charge is 0.504 e. The second-order valence-electron chi connectivity index (χ2n) is 13.4. The van der Waals surface area contributed by atoms with Gasteiger partial charge in [-0.15, -0.1) is 0 Å². The molecular formula is C37H38ClN3O7S. The number of halogens is 1. The number of likely N-dealkylation sites (tertiary alicyclic amines) is 1. The van der Waals surface area contributed by atoms with Gasteiger partial charge in [0.05, 0.1) is 33.8 Å². The number of fused-ring (bicyclic) bond motifs is 4. The van der Waals surface area contributed by atoms with E-state index in [1.807, 2.05) is 42.5 Å². The molecular weight excluding hydrogens is 666 g/mol. The number of sulfone groups is 1. The van der Waals surface area contributed by atoms with Gasteiger partial charge < -0.3 is 29.8 Å². The van der Waals surface area contributed by atoms with E-state index in [2.05, 4.69) is 22.8 Å². The maximum atomic E-state index is 14.4. The molecule has 12 heteroatoms. The molecule has 2 aliphatic carbocycles. The zero-order chi connectivity index (χ0) is 34.5. The lowest BCUT2D eigenvalue weighted by Crippen LogP contribution is -2.60. The average molecular weight is 704 g/mol. The lowest BCUT2D eigenvalue weighted by atomic mass is 9.90. The van der Waals surface area contributed by atoms with E-state index < -0.39 is 43.4 Å². The van der Waals surface area contributed by atoms with E-state index >= 15 is 0 Å². The van der Waals surface area contributed by atoms with Gasteiger partial charge in [-0.3, -0.25) is 0 Å². The van der Waals surface area contributed by atoms with Gasteiger partial charge >= 0.3 is 12.1 Å². The number of carbonyl (C=O) groups excluding carboxylic acids is 2. The lowest BCUT2D eigenvalue weighted by molar-refractivity contribution is 0.0438. The van der Waals surface area contributed by atoms with E-state index in [1.165, 1.54) is 17.0 Å². The summed E-state index contributed by atoms with van der Waals surface area (Å²) in [6.07, 6.45) is 4.01. The molecule has 7 rings (SSSR count). The Labute approximate surface area is 290 Å². The van der Waals surface area contributed by atoms with E-state index in [4.69, 9.17) is 20.8 Å². The number of anilines is 1. The van der Waals surface area contributed by atoms with Crippen LogP contribution < -0.4 is 10.6 Å². The standard InChI is InChI=1S/C37H38ClN3O7S/c1-37(2)31(15-8-19-41(37)36(44)48-21-27-25-12-5-3-10-23(25)24-11-4-6-13-26(24)27)49(45,46)34-28(38)16-17-29(32(34)42)39-35(43)40-30-14-7-9-22-18-20-47-33(22)30/h3-6,10-13,16-18,20,27,30-31,42H,7-9,14-15,19,21H2,1-2H3,(H2,39,40,43). The van der Waals surface area contributed by atoms with Gasteiger partial charge in [0.15, 0.2) is 15.6 Å². The van der Waals surface area contributed by atoms with Crippen molar-refractivity contribution in [1.82, 2.24) is 10.2 Å². The Balaban J connectivity index is 1.08. The molecule has 0 bridgehead atoms. The summed E-state index contributed by atoms with van der Waals surface area (Å²) in [5.41, 5.74) is 4.06. The van der Waals surface area contributed by atoms with Crippen molar-refractivity contribution in [2.24, 2.45) is 0 Å². The van der Waals surface area contributed by atoms with E-state index in [1.54, 1.807) is 20.1 Å². The average Bonchev–Trinajstić information content (AvgIpc) is 3.68. The molecule has 3 amide bonds. The van der Waals surface area contributed by atoms with Crippen molar-refractivity contribution >= 4 is 39.2 Å². The molecule has 1 aliphatic heterocycles. The van der Waals surface area contributed by atoms with Crippen LogP contribution in [0.1, 0.15) is 73.9 Å². The van der Waals surface area contributed by atoms with Gasteiger partial charge in [-0.25, -0.2) is 18.0 Å². The van der Waals surface area contributed by atoms with Crippen LogP contribution in [0.5, 0.6) is 5.75 Å². The number of nitrogens with one attached hydrogen (secondary N) is 2. The Hall–Kier alpha value is -4.48. The number of phenols is 1. The Morgan fingerprint density at radius 1 is 1.00 bits per heavy atom. The fourth-order valence-corrected chi connectivity index (χ4v) is 10.6. The van der Waals surface area contributed by atoms with E-state index in [-0.39, 0.29) is 35.7 Å². The Morgan fingerprint density at radius 3 is 2.41 bits per heavy atom. The molecule has 0 spiro atoms. The molecule has 1 fully saturated rings. The summed E-state index contributed by atoms with van der Waals surface area (Å²) in [4.78, 5) is 27.7. The predicted octanol–water partition coefficient (Wildman–Crippen LogP) is 7.80. The minimum absolute atomic E-state index is 0.0986. The van der Waals surface area contributed by atoms with Crippen LogP contribution >= 0.6 is 11.6 Å². The van der Waals surface area contributed by atoms with Crippen molar-refractivity contribution in [3.8, 4) is 16.9 Å². The van der Waals surface area contributed by atoms with Crippen LogP contribution in [-0.4, -0.2) is 54.5 Å². The molecule has 3 N–H and O–H groups in total. The molecule has 2 heterocycles. The lowest BCUT2D eigenvalue weighted by Gasteiger charge is -2.46. The number of carbonyl (C=O) groups is 2. The first-order valence-corrected chi connectivity index (χ1v) is 18.4. The molecule has 49 heavy (non-hydrogen) atoms. The van der Waals surface area contributed by atoms with Crippen molar-refractivity contribution in [2.75, 3.05) is 18.5 Å². The number of nitrogens with zero attached hydrogens (tertiary/aromatic N) is 1. The fourth-order valence-electron chi connectivity index (χ4n) is 7.79. The van der Waals surface area contributed by atoms with E-state index in [9.17, 15) is 23.1 Å².